The molecule has 0 radical (unpaired) electrons. The molecule has 4 nitrogen and oxygen atoms in total. The van der Waals surface area contributed by atoms with Gasteiger partial charge in [0, 0.05) is 5.56 Å². The maximum atomic E-state index is 13.4. The molecule has 0 fully saturated rings. The average Bonchev–Trinajstić information content (AvgIpc) is 2.59. The maximum Gasteiger partial charge on any atom is 0.251 e. The van der Waals surface area contributed by atoms with E-state index in [4.69, 9.17) is 9.47 Å². The number of halogens is 1. The van der Waals surface area contributed by atoms with Crippen LogP contribution in [-0.2, 0) is 6.42 Å². The number of hydrogen-bond donors (Lipinski definition) is 1. The number of benzene rings is 2. The van der Waals surface area contributed by atoms with Crippen LogP contribution in [-0.4, -0.2) is 25.7 Å². The molecule has 3 rings (SSSR count). The zero-order chi connectivity index (χ0) is 16.1. The Morgan fingerprint density at radius 1 is 1.26 bits per heavy atom. The van der Waals surface area contributed by atoms with E-state index in [1.807, 2.05) is 12.1 Å². The zero-order valence-corrected chi connectivity index (χ0v) is 12.7. The van der Waals surface area contributed by atoms with E-state index in [9.17, 15) is 9.18 Å². The second kappa shape index (κ2) is 7.13. The summed E-state index contributed by atoms with van der Waals surface area (Å²) in [6.07, 6.45) is 1.89. The molecule has 23 heavy (non-hydrogen) atoms. The van der Waals surface area contributed by atoms with Crippen LogP contribution in [0.1, 0.15) is 22.3 Å². The van der Waals surface area contributed by atoms with E-state index >= 15 is 0 Å². The molecule has 1 aliphatic rings. The third-order valence-electron chi connectivity index (χ3n) is 3.65. The van der Waals surface area contributed by atoms with Crippen molar-refractivity contribution in [1.29, 1.82) is 0 Å². The van der Waals surface area contributed by atoms with E-state index in [-0.39, 0.29) is 18.3 Å². The molecule has 0 saturated heterocycles. The minimum Gasteiger partial charge on any atom is -0.493 e. The number of rotatable bonds is 5. The Balaban J connectivity index is 1.51. The summed E-state index contributed by atoms with van der Waals surface area (Å²) in [6, 6.07) is 11.6. The fourth-order valence-electron chi connectivity index (χ4n) is 2.49. The van der Waals surface area contributed by atoms with Gasteiger partial charge in [-0.15, -0.1) is 0 Å². The van der Waals surface area contributed by atoms with Crippen LogP contribution in [0.15, 0.2) is 42.5 Å². The predicted molar refractivity (Wildman–Crippen MR) is 84.5 cm³/mol. The first-order chi connectivity index (χ1) is 11.2. The number of nitrogens with one attached hydrogen (secondary N) is 1. The minimum absolute atomic E-state index is 0.171. The molecule has 2 aromatic carbocycles. The number of fused-ring (bicyclic) bond motifs is 1. The molecule has 5 heteroatoms. The summed E-state index contributed by atoms with van der Waals surface area (Å²) in [4.78, 5) is 12.1. The number of para-hydroxylation sites is 1. The molecule has 1 amide bonds. The fourth-order valence-corrected chi connectivity index (χ4v) is 2.49. The van der Waals surface area contributed by atoms with Crippen molar-refractivity contribution in [1.82, 2.24) is 5.32 Å². The van der Waals surface area contributed by atoms with Crippen molar-refractivity contribution >= 4 is 5.91 Å². The number of aryl methyl sites for hydroxylation is 1. The summed E-state index contributed by atoms with van der Waals surface area (Å²) in [5.41, 5.74) is 1.66. The van der Waals surface area contributed by atoms with Crippen molar-refractivity contribution in [2.24, 2.45) is 0 Å². The summed E-state index contributed by atoms with van der Waals surface area (Å²) in [6.45, 7) is 1.24. The monoisotopic (exact) mass is 315 g/mol. The highest BCUT2D eigenvalue weighted by atomic mass is 19.1. The molecule has 0 aromatic heterocycles. The number of amides is 1. The van der Waals surface area contributed by atoms with Gasteiger partial charge >= 0.3 is 0 Å². The van der Waals surface area contributed by atoms with Crippen molar-refractivity contribution in [2.75, 3.05) is 19.8 Å². The summed E-state index contributed by atoms with van der Waals surface area (Å²) >= 11 is 0. The number of hydrogen-bond acceptors (Lipinski definition) is 3. The lowest BCUT2D eigenvalue weighted by atomic mass is 10.0. The quantitative estimate of drug-likeness (QED) is 0.863. The van der Waals surface area contributed by atoms with Gasteiger partial charge in [0.1, 0.15) is 12.4 Å². The van der Waals surface area contributed by atoms with Gasteiger partial charge < -0.3 is 14.8 Å². The molecule has 0 spiro atoms. The van der Waals surface area contributed by atoms with Gasteiger partial charge in [0.25, 0.3) is 5.91 Å². The molecule has 120 valence electrons. The van der Waals surface area contributed by atoms with Crippen LogP contribution >= 0.6 is 0 Å². The molecule has 2 aromatic rings. The smallest absolute Gasteiger partial charge is 0.251 e. The van der Waals surface area contributed by atoms with Gasteiger partial charge in [0.05, 0.1) is 13.2 Å². The average molecular weight is 315 g/mol. The first-order valence-electron chi connectivity index (χ1n) is 7.65. The minimum atomic E-state index is -0.409. The molecule has 1 N–H and O–H groups in total. The van der Waals surface area contributed by atoms with Crippen LogP contribution < -0.4 is 14.8 Å². The molecule has 0 saturated carbocycles. The fraction of sp³-hybridized carbons (Fsp3) is 0.278. The number of ether oxygens (including phenoxy) is 2. The van der Waals surface area contributed by atoms with Gasteiger partial charge in [0.15, 0.2) is 11.6 Å². The zero-order valence-electron chi connectivity index (χ0n) is 12.7. The van der Waals surface area contributed by atoms with Crippen LogP contribution in [0.25, 0.3) is 0 Å². The van der Waals surface area contributed by atoms with E-state index < -0.39 is 5.82 Å². The predicted octanol–water partition coefficient (Wildman–Crippen LogP) is 2.96. The maximum absolute atomic E-state index is 13.4. The van der Waals surface area contributed by atoms with Gasteiger partial charge in [-0.2, -0.15) is 0 Å². The Morgan fingerprint density at radius 2 is 2.13 bits per heavy atom. The van der Waals surface area contributed by atoms with Gasteiger partial charge in [-0.3, -0.25) is 4.79 Å². The lowest BCUT2D eigenvalue weighted by Gasteiger charge is -2.17. The van der Waals surface area contributed by atoms with Crippen molar-refractivity contribution in [3.8, 4) is 11.5 Å². The lowest BCUT2D eigenvalue weighted by molar-refractivity contribution is 0.0946. The van der Waals surface area contributed by atoms with Crippen LogP contribution in [0.4, 0.5) is 4.39 Å². The molecular weight excluding hydrogens is 297 g/mol. The third-order valence-corrected chi connectivity index (χ3v) is 3.65. The van der Waals surface area contributed by atoms with E-state index in [2.05, 4.69) is 5.32 Å². The molecule has 0 aliphatic carbocycles. The first-order valence-corrected chi connectivity index (χ1v) is 7.65. The largest absolute Gasteiger partial charge is 0.493 e. The van der Waals surface area contributed by atoms with E-state index in [0.29, 0.717) is 12.1 Å². The van der Waals surface area contributed by atoms with Crippen molar-refractivity contribution in [3.05, 3.63) is 59.4 Å². The normalized spacial score (nSPS) is 12.9. The highest BCUT2D eigenvalue weighted by Gasteiger charge is 2.13. The van der Waals surface area contributed by atoms with Crippen LogP contribution in [0.2, 0.25) is 0 Å². The summed E-state index contributed by atoms with van der Waals surface area (Å²) in [7, 11) is 0. The molecule has 0 atom stereocenters. The Labute approximate surface area is 134 Å². The van der Waals surface area contributed by atoms with E-state index in [0.717, 1.165) is 30.8 Å². The van der Waals surface area contributed by atoms with Crippen LogP contribution in [0, 0.1) is 5.82 Å². The summed E-state index contributed by atoms with van der Waals surface area (Å²) in [5.74, 6) is 0.465. The van der Waals surface area contributed by atoms with Gasteiger partial charge in [-0.25, -0.2) is 4.39 Å². The van der Waals surface area contributed by atoms with Crippen molar-refractivity contribution in [2.45, 2.75) is 12.8 Å². The van der Waals surface area contributed by atoms with Crippen LogP contribution in [0.3, 0.4) is 0 Å². The Hall–Kier alpha value is -2.56. The molecule has 1 heterocycles. The van der Waals surface area contributed by atoms with Gasteiger partial charge in [-0.05, 0) is 48.7 Å². The summed E-state index contributed by atoms with van der Waals surface area (Å²) < 4.78 is 24.2. The van der Waals surface area contributed by atoms with E-state index in [1.165, 1.54) is 6.07 Å². The molecular formula is C18H18FNO3. The highest BCUT2D eigenvalue weighted by molar-refractivity contribution is 5.94. The molecule has 0 unspecified atom stereocenters. The first kappa shape index (κ1) is 15.3. The van der Waals surface area contributed by atoms with Gasteiger partial charge in [0.2, 0.25) is 0 Å². The number of carbonyl (C=O) groups is 1. The van der Waals surface area contributed by atoms with Crippen LogP contribution in [0.5, 0.6) is 11.5 Å². The van der Waals surface area contributed by atoms with Crippen molar-refractivity contribution in [3.63, 3.8) is 0 Å². The Morgan fingerprint density at radius 3 is 3.00 bits per heavy atom. The van der Waals surface area contributed by atoms with E-state index in [1.54, 1.807) is 24.3 Å². The standard InChI is InChI=1S/C18H18FNO3/c19-15-5-1-2-6-17(15)23-11-9-20-18(21)14-7-8-16-13(12-14)4-3-10-22-16/h1-2,5-8,12H,3-4,9-11H2,(H,20,21). The topological polar surface area (TPSA) is 47.6 Å². The second-order valence-electron chi connectivity index (χ2n) is 5.31. The lowest BCUT2D eigenvalue weighted by Crippen LogP contribution is -2.28. The molecule has 0 bridgehead atoms. The number of carbonyl (C=O) groups excluding carboxylic acids is 1. The molecule has 1 aliphatic heterocycles. The Bertz CT molecular complexity index is 702. The second-order valence-corrected chi connectivity index (χ2v) is 5.31. The van der Waals surface area contributed by atoms with Gasteiger partial charge in [-0.1, -0.05) is 12.1 Å². The van der Waals surface area contributed by atoms with Crippen molar-refractivity contribution < 1.29 is 18.7 Å². The third kappa shape index (κ3) is 3.80. The Kier molecular flexibility index (Phi) is 4.76. The summed E-state index contributed by atoms with van der Waals surface area (Å²) in [5, 5.41) is 2.77. The SMILES string of the molecule is O=C(NCCOc1ccccc1F)c1ccc2c(c1)CCCO2. The highest BCUT2D eigenvalue weighted by Crippen LogP contribution is 2.25.